The van der Waals surface area contributed by atoms with Gasteiger partial charge in [0.15, 0.2) is 0 Å². The summed E-state index contributed by atoms with van der Waals surface area (Å²) in [6.07, 6.45) is 1.74. The van der Waals surface area contributed by atoms with Crippen molar-refractivity contribution in [3.63, 3.8) is 0 Å². The first-order valence-electron chi connectivity index (χ1n) is 3.63. The quantitative estimate of drug-likeness (QED) is 0.655. The van der Waals surface area contributed by atoms with E-state index >= 15 is 0 Å². The second-order valence-corrected chi connectivity index (χ2v) is 2.88. The molecule has 0 saturated heterocycles. The molecule has 0 aliphatic carbocycles. The summed E-state index contributed by atoms with van der Waals surface area (Å²) < 4.78 is 13.1. The zero-order valence-corrected chi connectivity index (χ0v) is 7.03. The Labute approximate surface area is 74.2 Å². The van der Waals surface area contributed by atoms with E-state index in [0.717, 1.165) is 10.9 Å². The Morgan fingerprint density at radius 2 is 2.25 bits per heavy atom. The van der Waals surface area contributed by atoms with Crippen LogP contribution in [0.2, 0.25) is 0 Å². The highest BCUT2D eigenvalue weighted by Crippen LogP contribution is 2.21. The van der Waals surface area contributed by atoms with Crippen LogP contribution >= 0.6 is 11.6 Å². The van der Waals surface area contributed by atoms with Crippen molar-refractivity contribution in [2.75, 3.05) is 0 Å². The Bertz CT molecular complexity index is 408. The molecule has 0 atom stereocenters. The van der Waals surface area contributed by atoms with E-state index in [9.17, 15) is 4.39 Å². The third-order valence-electron chi connectivity index (χ3n) is 1.89. The molecule has 0 aliphatic rings. The third kappa shape index (κ3) is 0.994. The van der Waals surface area contributed by atoms with Gasteiger partial charge in [0, 0.05) is 17.5 Å². The first kappa shape index (κ1) is 7.62. The van der Waals surface area contributed by atoms with E-state index in [0.29, 0.717) is 11.4 Å². The maximum Gasteiger partial charge on any atom is 0.147 e. The van der Waals surface area contributed by atoms with Crippen molar-refractivity contribution in [2.24, 2.45) is 0 Å². The second kappa shape index (κ2) is 2.79. The van der Waals surface area contributed by atoms with Crippen LogP contribution in [0.25, 0.3) is 10.9 Å². The van der Waals surface area contributed by atoms with Gasteiger partial charge in [0.2, 0.25) is 0 Å². The minimum atomic E-state index is -0.233. The molecule has 1 aromatic carbocycles. The topological polar surface area (TPSA) is 15.8 Å². The highest BCUT2D eigenvalue weighted by atomic mass is 35.5. The SMILES string of the molecule is Fc1cccc2c(CCl)c[nH]c12. The van der Waals surface area contributed by atoms with E-state index in [1.807, 2.05) is 6.07 Å². The molecule has 0 aliphatic heterocycles. The van der Waals surface area contributed by atoms with Crippen LogP contribution in [0.3, 0.4) is 0 Å². The summed E-state index contributed by atoms with van der Waals surface area (Å²) >= 11 is 5.66. The van der Waals surface area contributed by atoms with Crippen LogP contribution in [0.1, 0.15) is 5.56 Å². The van der Waals surface area contributed by atoms with Crippen molar-refractivity contribution in [3.8, 4) is 0 Å². The summed E-state index contributed by atoms with van der Waals surface area (Å²) in [6.45, 7) is 0. The molecule has 0 radical (unpaired) electrons. The fourth-order valence-electron chi connectivity index (χ4n) is 1.29. The van der Waals surface area contributed by atoms with Crippen molar-refractivity contribution in [3.05, 3.63) is 35.8 Å². The molecule has 0 unspecified atom stereocenters. The van der Waals surface area contributed by atoms with Crippen molar-refractivity contribution >= 4 is 22.5 Å². The van der Waals surface area contributed by atoms with E-state index in [-0.39, 0.29) is 5.82 Å². The Morgan fingerprint density at radius 3 is 3.00 bits per heavy atom. The zero-order valence-electron chi connectivity index (χ0n) is 6.27. The average Bonchev–Trinajstić information content (AvgIpc) is 2.49. The number of hydrogen-bond donors (Lipinski definition) is 1. The van der Waals surface area contributed by atoms with Crippen LogP contribution in [0.5, 0.6) is 0 Å². The molecule has 0 spiro atoms. The molecule has 2 aromatic rings. The lowest BCUT2D eigenvalue weighted by atomic mass is 10.2. The first-order valence-corrected chi connectivity index (χ1v) is 4.17. The number of alkyl halides is 1. The maximum atomic E-state index is 13.1. The Morgan fingerprint density at radius 1 is 1.42 bits per heavy atom. The minimum Gasteiger partial charge on any atom is -0.358 e. The molecule has 0 amide bonds. The Hall–Kier alpha value is -1.02. The van der Waals surface area contributed by atoms with Gasteiger partial charge in [-0.1, -0.05) is 12.1 Å². The lowest BCUT2D eigenvalue weighted by Crippen LogP contribution is -1.76. The van der Waals surface area contributed by atoms with E-state index in [1.165, 1.54) is 6.07 Å². The Balaban J connectivity index is 2.80. The van der Waals surface area contributed by atoms with Crippen LogP contribution in [-0.2, 0) is 5.88 Å². The number of para-hydroxylation sites is 1. The number of aromatic amines is 1. The molecular formula is C9H7ClFN. The van der Waals surface area contributed by atoms with Crippen molar-refractivity contribution < 1.29 is 4.39 Å². The summed E-state index contributed by atoms with van der Waals surface area (Å²) in [6, 6.07) is 4.96. The number of nitrogens with one attached hydrogen (secondary N) is 1. The summed E-state index contributed by atoms with van der Waals surface area (Å²) in [5, 5.41) is 0.866. The first-order chi connectivity index (χ1) is 5.83. The summed E-state index contributed by atoms with van der Waals surface area (Å²) in [5.74, 6) is 0.174. The highest BCUT2D eigenvalue weighted by molar-refractivity contribution is 6.18. The molecule has 62 valence electrons. The number of halogens is 2. The number of fused-ring (bicyclic) bond motifs is 1. The second-order valence-electron chi connectivity index (χ2n) is 2.61. The molecule has 0 fully saturated rings. The van der Waals surface area contributed by atoms with Crippen LogP contribution in [-0.4, -0.2) is 4.98 Å². The van der Waals surface area contributed by atoms with Gasteiger partial charge in [-0.05, 0) is 11.6 Å². The van der Waals surface area contributed by atoms with Gasteiger partial charge >= 0.3 is 0 Å². The number of benzene rings is 1. The van der Waals surface area contributed by atoms with Gasteiger partial charge in [0.05, 0.1) is 5.52 Å². The number of rotatable bonds is 1. The van der Waals surface area contributed by atoms with Gasteiger partial charge in [-0.2, -0.15) is 0 Å². The number of H-pyrrole nitrogens is 1. The maximum absolute atomic E-state index is 13.1. The molecular weight excluding hydrogens is 177 g/mol. The van der Waals surface area contributed by atoms with Crippen LogP contribution in [0.4, 0.5) is 4.39 Å². The van der Waals surface area contributed by atoms with E-state index in [2.05, 4.69) is 4.98 Å². The van der Waals surface area contributed by atoms with E-state index < -0.39 is 0 Å². The van der Waals surface area contributed by atoms with E-state index in [4.69, 9.17) is 11.6 Å². The largest absolute Gasteiger partial charge is 0.358 e. The van der Waals surface area contributed by atoms with Crippen LogP contribution < -0.4 is 0 Å². The average molecular weight is 184 g/mol. The molecule has 1 heterocycles. The molecule has 1 aromatic heterocycles. The Kier molecular flexibility index (Phi) is 1.77. The summed E-state index contributed by atoms with van der Waals surface area (Å²) in [4.78, 5) is 2.85. The zero-order chi connectivity index (χ0) is 8.55. The molecule has 12 heavy (non-hydrogen) atoms. The summed E-state index contributed by atoms with van der Waals surface area (Å²) in [5.41, 5.74) is 1.47. The molecule has 3 heteroatoms. The fraction of sp³-hybridized carbons (Fsp3) is 0.111. The van der Waals surface area contributed by atoms with Crippen molar-refractivity contribution in [2.45, 2.75) is 5.88 Å². The molecule has 1 N–H and O–H groups in total. The van der Waals surface area contributed by atoms with Gasteiger partial charge < -0.3 is 4.98 Å². The van der Waals surface area contributed by atoms with Gasteiger partial charge in [0.25, 0.3) is 0 Å². The summed E-state index contributed by atoms with van der Waals surface area (Å²) in [7, 11) is 0. The standard InChI is InChI=1S/C9H7ClFN/c10-4-6-5-12-9-7(6)2-1-3-8(9)11/h1-3,5,12H,4H2. The normalized spacial score (nSPS) is 10.8. The number of aromatic nitrogens is 1. The van der Waals surface area contributed by atoms with Gasteiger partial charge in [-0.15, -0.1) is 11.6 Å². The fourth-order valence-corrected chi connectivity index (χ4v) is 1.51. The minimum absolute atomic E-state index is 0.233. The molecule has 0 bridgehead atoms. The number of hydrogen-bond acceptors (Lipinski definition) is 0. The third-order valence-corrected chi connectivity index (χ3v) is 2.18. The lowest BCUT2D eigenvalue weighted by Gasteiger charge is -1.92. The lowest BCUT2D eigenvalue weighted by molar-refractivity contribution is 0.637. The monoisotopic (exact) mass is 183 g/mol. The van der Waals surface area contributed by atoms with Crippen LogP contribution in [0.15, 0.2) is 24.4 Å². The predicted molar refractivity (Wildman–Crippen MR) is 47.8 cm³/mol. The highest BCUT2D eigenvalue weighted by Gasteiger charge is 2.04. The van der Waals surface area contributed by atoms with Gasteiger partial charge in [-0.3, -0.25) is 0 Å². The van der Waals surface area contributed by atoms with E-state index in [1.54, 1.807) is 12.3 Å². The van der Waals surface area contributed by atoms with Crippen molar-refractivity contribution in [1.82, 2.24) is 4.98 Å². The smallest absolute Gasteiger partial charge is 0.147 e. The molecule has 1 nitrogen and oxygen atoms in total. The molecule has 2 rings (SSSR count). The van der Waals surface area contributed by atoms with Gasteiger partial charge in [-0.25, -0.2) is 4.39 Å². The van der Waals surface area contributed by atoms with Crippen molar-refractivity contribution in [1.29, 1.82) is 0 Å². The van der Waals surface area contributed by atoms with Crippen LogP contribution in [0, 0.1) is 5.82 Å². The predicted octanol–water partition coefficient (Wildman–Crippen LogP) is 3.05. The molecule has 0 saturated carbocycles. The van der Waals surface area contributed by atoms with Gasteiger partial charge in [0.1, 0.15) is 5.82 Å².